The third kappa shape index (κ3) is 3.87. The fraction of sp³-hybridized carbons (Fsp3) is 0.0323. The van der Waals surface area contributed by atoms with Crippen molar-refractivity contribution in [3.05, 3.63) is 120 Å². The van der Waals surface area contributed by atoms with Gasteiger partial charge in [-0.3, -0.25) is 14.4 Å². The van der Waals surface area contributed by atoms with Crippen molar-refractivity contribution >= 4 is 40.0 Å². The Morgan fingerprint density at radius 3 is 2.32 bits per heavy atom. The van der Waals surface area contributed by atoms with Crippen molar-refractivity contribution in [2.45, 2.75) is 0 Å². The van der Waals surface area contributed by atoms with Crippen molar-refractivity contribution < 1.29 is 19.1 Å². The van der Waals surface area contributed by atoms with E-state index in [-0.39, 0.29) is 16.8 Å². The van der Waals surface area contributed by atoms with Gasteiger partial charge >= 0.3 is 0 Å². The lowest BCUT2D eigenvalue weighted by molar-refractivity contribution is 0.0926. The van der Waals surface area contributed by atoms with Gasteiger partial charge in [0.15, 0.2) is 0 Å². The van der Waals surface area contributed by atoms with Gasteiger partial charge in [-0.15, -0.1) is 0 Å². The molecule has 184 valence electrons. The van der Waals surface area contributed by atoms with Gasteiger partial charge in [-0.1, -0.05) is 54.6 Å². The first-order chi connectivity index (χ1) is 18.5. The van der Waals surface area contributed by atoms with E-state index in [1.807, 2.05) is 54.6 Å². The Hall–Kier alpha value is -5.30. The average molecular weight is 500 g/mol. The van der Waals surface area contributed by atoms with Gasteiger partial charge in [0.2, 0.25) is 0 Å². The highest BCUT2D eigenvalue weighted by Gasteiger charge is 2.39. The minimum atomic E-state index is -0.504. The van der Waals surface area contributed by atoms with Crippen LogP contribution in [0.15, 0.2) is 103 Å². The number of carbonyl (C=O) groups is 3. The molecule has 0 unspecified atom stereocenters. The summed E-state index contributed by atoms with van der Waals surface area (Å²) in [6.07, 6.45) is 0. The third-order valence-corrected chi connectivity index (χ3v) is 6.52. The van der Waals surface area contributed by atoms with Crippen LogP contribution in [-0.4, -0.2) is 29.8 Å². The molecule has 0 radical (unpaired) electrons. The molecule has 0 aliphatic carbocycles. The van der Waals surface area contributed by atoms with Gasteiger partial charge in [0.05, 0.1) is 46.4 Å². The number of nitrogens with zero attached hydrogens (tertiary/aromatic N) is 2. The number of rotatable bonds is 5. The molecule has 0 bridgehead atoms. The zero-order valence-electron chi connectivity index (χ0n) is 20.3. The number of para-hydroxylation sites is 1. The van der Waals surface area contributed by atoms with Crippen molar-refractivity contribution in [3.63, 3.8) is 0 Å². The zero-order valence-corrected chi connectivity index (χ0v) is 20.3. The molecule has 38 heavy (non-hydrogen) atoms. The molecule has 0 fully saturated rings. The molecule has 1 N–H and O–H groups in total. The topological polar surface area (TPSA) is 88.6 Å². The molecule has 7 heteroatoms. The largest absolute Gasteiger partial charge is 0.497 e. The normalized spacial score (nSPS) is 12.5. The number of nitrogens with one attached hydrogen (secondary N) is 1. The number of methoxy groups -OCH3 is 1. The molecule has 0 saturated carbocycles. The summed E-state index contributed by atoms with van der Waals surface area (Å²) in [7, 11) is 1.54. The monoisotopic (exact) mass is 499 g/mol. The van der Waals surface area contributed by atoms with Crippen molar-refractivity contribution in [3.8, 4) is 17.0 Å². The summed E-state index contributed by atoms with van der Waals surface area (Å²) in [5, 5.41) is 3.56. The molecular weight excluding hydrogens is 478 g/mol. The van der Waals surface area contributed by atoms with Crippen molar-refractivity contribution in [2.24, 2.45) is 0 Å². The quantitative estimate of drug-likeness (QED) is 0.301. The lowest BCUT2D eigenvalue weighted by Crippen LogP contribution is -2.29. The molecule has 1 aromatic heterocycles. The standard InChI is InChI=1S/C31H21N3O4/c1-38-21-16-14-20(15-17-21)34-30(36)23-11-7-13-26(28(23)31(34)37)33-29(35)24-18-27(19-8-3-2-4-9-19)32-25-12-6-5-10-22(24)25/h2-18H,1H3,(H,33,35). The van der Waals surface area contributed by atoms with E-state index in [9.17, 15) is 14.4 Å². The van der Waals surface area contributed by atoms with Crippen LogP contribution in [0.1, 0.15) is 31.1 Å². The van der Waals surface area contributed by atoms with Crippen LogP contribution >= 0.6 is 0 Å². The third-order valence-electron chi connectivity index (χ3n) is 6.52. The highest BCUT2D eigenvalue weighted by Crippen LogP contribution is 2.34. The van der Waals surface area contributed by atoms with Crippen molar-refractivity contribution in [1.29, 1.82) is 0 Å². The van der Waals surface area contributed by atoms with Gasteiger partial charge in [-0.25, -0.2) is 9.88 Å². The van der Waals surface area contributed by atoms with Gasteiger partial charge in [-0.2, -0.15) is 0 Å². The molecule has 1 aliphatic heterocycles. The number of hydrogen-bond donors (Lipinski definition) is 1. The number of anilines is 2. The summed E-state index contributed by atoms with van der Waals surface area (Å²) in [6, 6.07) is 30.3. The predicted molar refractivity (Wildman–Crippen MR) is 146 cm³/mol. The highest BCUT2D eigenvalue weighted by molar-refractivity contribution is 6.36. The number of amides is 3. The van der Waals surface area contributed by atoms with Gasteiger partial charge in [0.1, 0.15) is 5.75 Å². The Balaban J connectivity index is 1.38. The summed E-state index contributed by atoms with van der Waals surface area (Å²) in [4.78, 5) is 46.2. The van der Waals surface area contributed by atoms with Gasteiger partial charge in [-0.05, 0) is 48.5 Å². The first-order valence-electron chi connectivity index (χ1n) is 12.0. The number of aromatic nitrogens is 1. The maximum Gasteiger partial charge on any atom is 0.268 e. The van der Waals surface area contributed by atoms with Crippen LogP contribution in [-0.2, 0) is 0 Å². The second-order valence-corrected chi connectivity index (χ2v) is 8.76. The van der Waals surface area contributed by atoms with Crippen LogP contribution in [0.3, 0.4) is 0 Å². The van der Waals surface area contributed by atoms with Gasteiger partial charge in [0.25, 0.3) is 17.7 Å². The first-order valence-corrected chi connectivity index (χ1v) is 12.0. The van der Waals surface area contributed by atoms with Gasteiger partial charge < -0.3 is 10.1 Å². The molecular formula is C31H21N3O4. The summed E-state index contributed by atoms with van der Waals surface area (Å²) >= 11 is 0. The predicted octanol–water partition coefficient (Wildman–Crippen LogP) is 5.96. The number of pyridine rings is 1. The minimum Gasteiger partial charge on any atom is -0.497 e. The van der Waals surface area contributed by atoms with Crippen LogP contribution < -0.4 is 15.0 Å². The van der Waals surface area contributed by atoms with Crippen LogP contribution in [0.4, 0.5) is 11.4 Å². The van der Waals surface area contributed by atoms with E-state index in [1.54, 1.807) is 55.6 Å². The van der Waals surface area contributed by atoms with Crippen molar-refractivity contribution in [2.75, 3.05) is 17.3 Å². The molecule has 0 spiro atoms. The maximum atomic E-state index is 13.7. The van der Waals surface area contributed by atoms with E-state index in [4.69, 9.17) is 9.72 Å². The van der Waals surface area contributed by atoms with Crippen molar-refractivity contribution in [1.82, 2.24) is 4.98 Å². The summed E-state index contributed by atoms with van der Waals surface area (Å²) in [5.41, 5.74) is 3.70. The molecule has 0 saturated heterocycles. The first kappa shape index (κ1) is 23.1. The number of benzene rings is 4. The molecule has 4 aromatic carbocycles. The molecule has 6 rings (SSSR count). The smallest absolute Gasteiger partial charge is 0.268 e. The van der Waals surface area contributed by atoms with E-state index in [1.165, 1.54) is 0 Å². The number of hydrogen-bond acceptors (Lipinski definition) is 5. The molecule has 3 amide bonds. The summed E-state index contributed by atoms with van der Waals surface area (Å²) < 4.78 is 5.18. The number of imide groups is 1. The summed E-state index contributed by atoms with van der Waals surface area (Å²) in [6.45, 7) is 0. The Bertz CT molecular complexity index is 1730. The molecule has 1 aliphatic rings. The Kier molecular flexibility index (Phi) is 5.65. The van der Waals surface area contributed by atoms with Crippen LogP contribution in [0.2, 0.25) is 0 Å². The van der Waals surface area contributed by atoms with Crippen LogP contribution in [0.25, 0.3) is 22.2 Å². The van der Waals surface area contributed by atoms with E-state index in [0.29, 0.717) is 33.6 Å². The fourth-order valence-electron chi connectivity index (χ4n) is 4.67. The Morgan fingerprint density at radius 2 is 1.55 bits per heavy atom. The average Bonchev–Trinajstić information content (AvgIpc) is 3.23. The van der Waals surface area contributed by atoms with Crippen LogP contribution in [0.5, 0.6) is 5.75 Å². The molecule has 0 atom stereocenters. The number of fused-ring (bicyclic) bond motifs is 2. The van der Waals surface area contributed by atoms with E-state index < -0.39 is 17.7 Å². The van der Waals surface area contributed by atoms with E-state index in [0.717, 1.165) is 10.5 Å². The second kappa shape index (κ2) is 9.29. The van der Waals surface area contributed by atoms with Gasteiger partial charge in [0, 0.05) is 10.9 Å². The highest BCUT2D eigenvalue weighted by atomic mass is 16.5. The zero-order chi connectivity index (χ0) is 26.2. The SMILES string of the molecule is COc1ccc(N2C(=O)c3cccc(NC(=O)c4cc(-c5ccccc5)nc5ccccc45)c3C2=O)cc1. The maximum absolute atomic E-state index is 13.7. The lowest BCUT2D eigenvalue weighted by Gasteiger charge is -2.15. The summed E-state index contributed by atoms with van der Waals surface area (Å²) in [5.74, 6) is -0.752. The second-order valence-electron chi connectivity index (χ2n) is 8.76. The van der Waals surface area contributed by atoms with Crippen LogP contribution in [0, 0.1) is 0 Å². The van der Waals surface area contributed by atoms with E-state index >= 15 is 0 Å². The van der Waals surface area contributed by atoms with E-state index in [2.05, 4.69) is 5.32 Å². The Labute approximate surface area is 218 Å². The number of ether oxygens (including phenoxy) is 1. The molecule has 5 aromatic rings. The Morgan fingerprint density at radius 1 is 0.816 bits per heavy atom. The minimum absolute atomic E-state index is 0.156. The fourth-order valence-corrected chi connectivity index (χ4v) is 4.67. The molecule has 2 heterocycles. The lowest BCUT2D eigenvalue weighted by atomic mass is 10.0. The molecule has 7 nitrogen and oxygen atoms in total. The number of carbonyl (C=O) groups excluding carboxylic acids is 3.